The van der Waals surface area contributed by atoms with Crippen LogP contribution in [0.3, 0.4) is 0 Å². The largest absolute Gasteiger partial charge is 0.508 e. The molecule has 1 unspecified atom stereocenters. The number of carbonyl (C=O) groups is 2. The Morgan fingerprint density at radius 3 is 2.25 bits per heavy atom. The number of aromatic hydroxyl groups is 1. The first kappa shape index (κ1) is 38.4. The second-order valence-corrected chi connectivity index (χ2v) is 15.5. The van der Waals surface area contributed by atoms with E-state index >= 15 is 0 Å². The molecule has 282 valence electrons. The summed E-state index contributed by atoms with van der Waals surface area (Å²) in [4.78, 5) is 38.0. The summed E-state index contributed by atoms with van der Waals surface area (Å²) >= 11 is 1.29. The predicted molar refractivity (Wildman–Crippen MR) is 209 cm³/mol. The Morgan fingerprint density at radius 1 is 0.887 bits per heavy atom. The smallest absolute Gasteiger partial charge is 0.255 e. The number of thiazole rings is 1. The van der Waals surface area contributed by atoms with E-state index in [0.717, 1.165) is 62.4 Å². The van der Waals surface area contributed by atoms with E-state index in [1.807, 2.05) is 18.2 Å². The SMILES string of the molecule is CC(C)(C)CCOCCOCCOCCN1CCN(c2ccc(-c3ccc4c(c3)C(=O)N(C(C(=O)Nc3nccs3)c3ccccc3O)C4)cc2)CC1. The number of carbonyl (C=O) groups excluding carboxylic acids is 2. The van der Waals surface area contributed by atoms with Crippen molar-refractivity contribution in [1.29, 1.82) is 0 Å². The number of anilines is 2. The Labute approximate surface area is 316 Å². The molecule has 1 aromatic heterocycles. The number of benzene rings is 3. The van der Waals surface area contributed by atoms with Gasteiger partial charge in [-0.3, -0.25) is 19.8 Å². The molecule has 0 bridgehead atoms. The van der Waals surface area contributed by atoms with Crippen LogP contribution in [0.5, 0.6) is 5.75 Å². The van der Waals surface area contributed by atoms with Gasteiger partial charge < -0.3 is 29.1 Å². The van der Waals surface area contributed by atoms with Gasteiger partial charge in [-0.25, -0.2) is 4.98 Å². The lowest BCUT2D eigenvalue weighted by Crippen LogP contribution is -2.47. The average Bonchev–Trinajstić information content (AvgIpc) is 3.78. The third-order valence-corrected chi connectivity index (χ3v) is 10.3. The Bertz CT molecular complexity index is 1790. The third kappa shape index (κ3) is 10.4. The number of para-hydroxylation sites is 1. The summed E-state index contributed by atoms with van der Waals surface area (Å²) in [6.45, 7) is 15.5. The Kier molecular flexibility index (Phi) is 13.1. The first-order valence-corrected chi connectivity index (χ1v) is 19.3. The quantitative estimate of drug-likeness (QED) is 0.118. The number of aromatic nitrogens is 1. The van der Waals surface area contributed by atoms with Gasteiger partial charge >= 0.3 is 0 Å². The molecule has 2 N–H and O–H groups in total. The van der Waals surface area contributed by atoms with Crippen LogP contribution in [0.25, 0.3) is 11.1 Å². The van der Waals surface area contributed by atoms with Crippen molar-refractivity contribution in [1.82, 2.24) is 14.8 Å². The zero-order valence-electron chi connectivity index (χ0n) is 31.0. The normalized spacial score (nSPS) is 15.5. The molecule has 0 saturated carbocycles. The van der Waals surface area contributed by atoms with Gasteiger partial charge in [0.25, 0.3) is 11.8 Å². The average molecular weight is 742 g/mol. The molecular weight excluding hydrogens is 691 g/mol. The highest BCUT2D eigenvalue weighted by atomic mass is 32.1. The van der Waals surface area contributed by atoms with Gasteiger partial charge in [0.1, 0.15) is 11.8 Å². The lowest BCUT2D eigenvalue weighted by molar-refractivity contribution is -0.120. The van der Waals surface area contributed by atoms with Crippen molar-refractivity contribution in [3.63, 3.8) is 0 Å². The molecule has 12 heteroatoms. The zero-order chi connectivity index (χ0) is 37.2. The second-order valence-electron chi connectivity index (χ2n) is 14.6. The summed E-state index contributed by atoms with van der Waals surface area (Å²) in [6, 6.07) is 20.0. The van der Waals surface area contributed by atoms with Crippen LogP contribution in [-0.4, -0.2) is 104 Å². The van der Waals surface area contributed by atoms with Crippen LogP contribution >= 0.6 is 11.3 Å². The van der Waals surface area contributed by atoms with E-state index in [-0.39, 0.29) is 18.2 Å². The molecule has 1 atom stereocenters. The van der Waals surface area contributed by atoms with E-state index in [1.165, 1.54) is 28.0 Å². The molecule has 2 amide bonds. The number of nitrogens with one attached hydrogen (secondary N) is 1. The van der Waals surface area contributed by atoms with Gasteiger partial charge in [0, 0.05) is 74.3 Å². The highest BCUT2D eigenvalue weighted by Gasteiger charge is 2.39. The molecule has 0 spiro atoms. The number of rotatable bonds is 17. The van der Waals surface area contributed by atoms with Crippen molar-refractivity contribution in [3.05, 3.63) is 95.0 Å². The molecule has 0 aliphatic carbocycles. The van der Waals surface area contributed by atoms with E-state index in [9.17, 15) is 14.7 Å². The van der Waals surface area contributed by atoms with Crippen LogP contribution in [0.15, 0.2) is 78.3 Å². The van der Waals surface area contributed by atoms with Crippen molar-refractivity contribution < 1.29 is 28.9 Å². The number of phenols is 1. The topological polar surface area (TPSA) is 117 Å². The number of piperazine rings is 1. The maximum absolute atomic E-state index is 13.9. The first-order valence-electron chi connectivity index (χ1n) is 18.4. The first-order chi connectivity index (χ1) is 25.7. The van der Waals surface area contributed by atoms with E-state index in [1.54, 1.807) is 29.8 Å². The monoisotopic (exact) mass is 741 g/mol. The summed E-state index contributed by atoms with van der Waals surface area (Å²) in [5.41, 5.74) is 5.15. The van der Waals surface area contributed by atoms with Crippen LogP contribution in [0.2, 0.25) is 0 Å². The highest BCUT2D eigenvalue weighted by molar-refractivity contribution is 7.13. The lowest BCUT2D eigenvalue weighted by Gasteiger charge is -2.36. The highest BCUT2D eigenvalue weighted by Crippen LogP contribution is 2.37. The van der Waals surface area contributed by atoms with E-state index in [0.29, 0.717) is 54.7 Å². The summed E-state index contributed by atoms with van der Waals surface area (Å²) in [5.74, 6) is -0.740. The fraction of sp³-hybridized carbons (Fsp3) is 0.439. The molecule has 53 heavy (non-hydrogen) atoms. The van der Waals surface area contributed by atoms with Crippen LogP contribution in [-0.2, 0) is 25.5 Å². The van der Waals surface area contributed by atoms with Crippen LogP contribution < -0.4 is 10.2 Å². The summed E-state index contributed by atoms with van der Waals surface area (Å²) in [6.07, 6.45) is 2.65. The maximum atomic E-state index is 13.9. The van der Waals surface area contributed by atoms with Gasteiger partial charge in [-0.1, -0.05) is 63.2 Å². The van der Waals surface area contributed by atoms with Crippen molar-refractivity contribution in [3.8, 4) is 16.9 Å². The molecule has 2 aliphatic heterocycles. The minimum atomic E-state index is -1.03. The van der Waals surface area contributed by atoms with E-state index in [4.69, 9.17) is 14.2 Å². The number of phenolic OH excluding ortho intramolecular Hbond substituents is 1. The third-order valence-electron chi connectivity index (χ3n) is 9.63. The molecule has 3 aromatic carbocycles. The van der Waals surface area contributed by atoms with Gasteiger partial charge in [-0.05, 0) is 52.8 Å². The predicted octanol–water partition coefficient (Wildman–Crippen LogP) is 6.46. The van der Waals surface area contributed by atoms with Crippen molar-refractivity contribution in [2.45, 2.75) is 39.8 Å². The molecule has 0 radical (unpaired) electrons. The van der Waals surface area contributed by atoms with E-state index < -0.39 is 11.9 Å². The number of amides is 2. The molecular formula is C41H51N5O6S. The molecule has 6 rings (SSSR count). The fourth-order valence-corrected chi connectivity index (χ4v) is 7.08. The van der Waals surface area contributed by atoms with Gasteiger partial charge in [0.2, 0.25) is 0 Å². The van der Waals surface area contributed by atoms with Crippen LogP contribution in [0, 0.1) is 5.41 Å². The molecule has 4 aromatic rings. The van der Waals surface area contributed by atoms with Gasteiger partial charge in [0.05, 0.1) is 33.0 Å². The van der Waals surface area contributed by atoms with Crippen molar-refractivity contribution in [2.24, 2.45) is 5.41 Å². The Morgan fingerprint density at radius 2 is 1.57 bits per heavy atom. The Balaban J connectivity index is 0.967. The summed E-state index contributed by atoms with van der Waals surface area (Å²) in [7, 11) is 0. The van der Waals surface area contributed by atoms with Crippen molar-refractivity contribution in [2.75, 3.05) is 82.6 Å². The molecule has 11 nitrogen and oxygen atoms in total. The zero-order valence-corrected chi connectivity index (χ0v) is 31.8. The standard InChI is InChI=1S/C41H51N5O6S/c1-41(2,3)14-21-50-23-25-52-26-24-51-22-20-44-16-18-45(19-17-44)33-12-10-30(11-13-33)31-8-9-32-29-46(39(49)35(32)28-31)37(34-6-4-5-7-36(34)47)38(48)43-40-42-15-27-53-40/h4-13,15,27-28,37,47H,14,16-26,29H2,1-3H3,(H,42,43,48). The Hall–Kier alpha value is -4.33. The molecule has 3 heterocycles. The van der Waals surface area contributed by atoms with Gasteiger partial charge in [0.15, 0.2) is 5.13 Å². The lowest BCUT2D eigenvalue weighted by atomic mass is 9.93. The minimum absolute atomic E-state index is 0.0485. The minimum Gasteiger partial charge on any atom is -0.508 e. The van der Waals surface area contributed by atoms with Gasteiger partial charge in [-0.15, -0.1) is 11.3 Å². The number of nitrogens with zero attached hydrogens (tertiary/aromatic N) is 4. The number of hydrogen-bond acceptors (Lipinski definition) is 10. The maximum Gasteiger partial charge on any atom is 0.255 e. The molecule has 2 aliphatic rings. The fourth-order valence-electron chi connectivity index (χ4n) is 6.55. The molecule has 1 saturated heterocycles. The van der Waals surface area contributed by atoms with Crippen LogP contribution in [0.1, 0.15) is 54.7 Å². The second kappa shape index (κ2) is 18.1. The number of ether oxygens (including phenoxy) is 3. The number of hydrogen-bond donors (Lipinski definition) is 2. The molecule has 1 fully saturated rings. The van der Waals surface area contributed by atoms with Crippen molar-refractivity contribution >= 4 is 34.0 Å². The number of fused-ring (bicyclic) bond motifs is 1. The van der Waals surface area contributed by atoms with E-state index in [2.05, 4.69) is 65.1 Å². The summed E-state index contributed by atoms with van der Waals surface area (Å²) < 4.78 is 17.1. The van der Waals surface area contributed by atoms with Crippen LogP contribution in [0.4, 0.5) is 10.8 Å². The van der Waals surface area contributed by atoms with Gasteiger partial charge in [-0.2, -0.15) is 0 Å². The summed E-state index contributed by atoms with van der Waals surface area (Å²) in [5, 5.41) is 15.7.